The predicted molar refractivity (Wildman–Crippen MR) is 114 cm³/mol. The van der Waals surface area contributed by atoms with E-state index < -0.39 is 0 Å². The number of hydrogen-bond acceptors (Lipinski definition) is 5. The highest BCUT2D eigenvalue weighted by atomic mass is 16.5. The number of aliphatic imine (C=N–C) groups is 1. The average molecular weight is 396 g/mol. The molecule has 29 heavy (non-hydrogen) atoms. The molecule has 0 saturated carbocycles. The summed E-state index contributed by atoms with van der Waals surface area (Å²) in [4.78, 5) is 6.84. The number of hydrogen-bond donors (Lipinski definition) is 1. The molecule has 154 valence electrons. The zero-order valence-electron chi connectivity index (χ0n) is 17.4. The summed E-state index contributed by atoms with van der Waals surface area (Å²) in [5.74, 6) is 3.30. The minimum Gasteiger partial charge on any atom is -0.497 e. The molecule has 2 heterocycles. The lowest BCUT2D eigenvalue weighted by atomic mass is 10.2. The maximum absolute atomic E-state index is 5.51. The van der Waals surface area contributed by atoms with Crippen LogP contribution in [0.4, 0.5) is 0 Å². The lowest BCUT2D eigenvalue weighted by Crippen LogP contribution is -2.38. The van der Waals surface area contributed by atoms with Gasteiger partial charge >= 0.3 is 0 Å². The standard InChI is InChI=1S/C21H28N6O2/c1-5-22-21(23-12-11-20-25-24-19-8-6-7-13-27(19)20)26(2)15-16-9-10-17(28-3)14-18(16)29-4/h6-10,13-14H,5,11-12,15H2,1-4H3,(H,22,23). The van der Waals surface area contributed by atoms with E-state index in [1.54, 1.807) is 14.2 Å². The van der Waals surface area contributed by atoms with Crippen molar-refractivity contribution in [1.82, 2.24) is 24.8 Å². The van der Waals surface area contributed by atoms with Crippen LogP contribution < -0.4 is 14.8 Å². The normalized spacial score (nSPS) is 11.5. The van der Waals surface area contributed by atoms with Crippen LogP contribution >= 0.6 is 0 Å². The smallest absolute Gasteiger partial charge is 0.193 e. The molecule has 0 aliphatic rings. The van der Waals surface area contributed by atoms with Crippen LogP contribution in [0.5, 0.6) is 11.5 Å². The molecule has 0 atom stereocenters. The Labute approximate surface area is 171 Å². The second-order valence-corrected chi connectivity index (χ2v) is 6.56. The molecule has 0 unspecified atom stereocenters. The van der Waals surface area contributed by atoms with Gasteiger partial charge in [-0.1, -0.05) is 6.07 Å². The highest BCUT2D eigenvalue weighted by Gasteiger charge is 2.12. The van der Waals surface area contributed by atoms with Crippen LogP contribution in [0.3, 0.4) is 0 Å². The first-order chi connectivity index (χ1) is 14.2. The third kappa shape index (κ3) is 4.96. The Balaban J connectivity index is 1.69. The summed E-state index contributed by atoms with van der Waals surface area (Å²) in [5.41, 5.74) is 1.91. The van der Waals surface area contributed by atoms with Gasteiger partial charge in [0.2, 0.25) is 0 Å². The highest BCUT2D eigenvalue weighted by molar-refractivity contribution is 5.79. The molecule has 1 aromatic carbocycles. The van der Waals surface area contributed by atoms with Crippen molar-refractivity contribution >= 4 is 11.6 Å². The van der Waals surface area contributed by atoms with Crippen LogP contribution in [0.15, 0.2) is 47.6 Å². The quantitative estimate of drug-likeness (QED) is 0.465. The van der Waals surface area contributed by atoms with E-state index in [2.05, 4.69) is 27.3 Å². The Morgan fingerprint density at radius 3 is 2.79 bits per heavy atom. The van der Waals surface area contributed by atoms with Crippen molar-refractivity contribution in [2.75, 3.05) is 34.4 Å². The van der Waals surface area contributed by atoms with Gasteiger partial charge in [-0.15, -0.1) is 10.2 Å². The lowest BCUT2D eigenvalue weighted by molar-refractivity contribution is 0.382. The van der Waals surface area contributed by atoms with Crippen LogP contribution in [-0.2, 0) is 13.0 Å². The number of benzene rings is 1. The fourth-order valence-electron chi connectivity index (χ4n) is 3.11. The maximum Gasteiger partial charge on any atom is 0.193 e. The predicted octanol–water partition coefficient (Wildman–Crippen LogP) is 2.39. The van der Waals surface area contributed by atoms with Gasteiger partial charge in [-0.05, 0) is 31.2 Å². The second kappa shape index (κ2) is 9.77. The first-order valence-corrected chi connectivity index (χ1v) is 9.65. The molecule has 0 spiro atoms. The molecule has 2 aromatic heterocycles. The maximum atomic E-state index is 5.51. The number of aromatic nitrogens is 3. The highest BCUT2D eigenvalue weighted by Crippen LogP contribution is 2.25. The number of fused-ring (bicyclic) bond motifs is 1. The monoisotopic (exact) mass is 396 g/mol. The van der Waals surface area contributed by atoms with Crippen LogP contribution in [0.1, 0.15) is 18.3 Å². The van der Waals surface area contributed by atoms with E-state index in [-0.39, 0.29) is 0 Å². The van der Waals surface area contributed by atoms with Gasteiger partial charge < -0.3 is 19.7 Å². The van der Waals surface area contributed by atoms with Gasteiger partial charge in [-0.25, -0.2) is 0 Å². The largest absolute Gasteiger partial charge is 0.497 e. The molecule has 0 amide bonds. The van der Waals surface area contributed by atoms with Crippen molar-refractivity contribution in [3.8, 4) is 11.5 Å². The molecule has 8 heteroatoms. The number of nitrogens with one attached hydrogen (secondary N) is 1. The molecule has 0 radical (unpaired) electrons. The number of nitrogens with zero attached hydrogens (tertiary/aromatic N) is 5. The zero-order valence-corrected chi connectivity index (χ0v) is 17.4. The van der Waals surface area contributed by atoms with E-state index in [1.807, 2.05) is 54.0 Å². The summed E-state index contributed by atoms with van der Waals surface area (Å²) in [6, 6.07) is 11.7. The Morgan fingerprint density at radius 2 is 2.03 bits per heavy atom. The Morgan fingerprint density at radius 1 is 1.17 bits per heavy atom. The molecule has 0 aliphatic carbocycles. The van der Waals surface area contributed by atoms with Crippen LogP contribution in [-0.4, -0.2) is 59.8 Å². The molecule has 1 N–H and O–H groups in total. The Hall–Kier alpha value is -3.29. The molecule has 3 rings (SSSR count). The van der Waals surface area contributed by atoms with Gasteiger partial charge in [0.25, 0.3) is 0 Å². The van der Waals surface area contributed by atoms with Gasteiger partial charge in [0.15, 0.2) is 11.6 Å². The minimum absolute atomic E-state index is 0.613. The van der Waals surface area contributed by atoms with E-state index in [0.717, 1.165) is 41.0 Å². The number of methoxy groups -OCH3 is 2. The second-order valence-electron chi connectivity index (χ2n) is 6.56. The van der Waals surface area contributed by atoms with Crippen molar-refractivity contribution in [2.45, 2.75) is 19.9 Å². The van der Waals surface area contributed by atoms with Crippen molar-refractivity contribution in [3.05, 3.63) is 54.0 Å². The molecule has 0 bridgehead atoms. The fourth-order valence-corrected chi connectivity index (χ4v) is 3.11. The molecule has 0 fully saturated rings. The number of rotatable bonds is 8. The molecular formula is C21H28N6O2. The van der Waals surface area contributed by atoms with Gasteiger partial charge in [0.05, 0.1) is 14.2 Å². The first-order valence-electron chi connectivity index (χ1n) is 9.65. The van der Waals surface area contributed by atoms with E-state index in [4.69, 9.17) is 14.5 Å². The fraction of sp³-hybridized carbons (Fsp3) is 0.381. The van der Waals surface area contributed by atoms with Crippen molar-refractivity contribution < 1.29 is 9.47 Å². The van der Waals surface area contributed by atoms with E-state index in [9.17, 15) is 0 Å². The van der Waals surface area contributed by atoms with Crippen molar-refractivity contribution in [1.29, 1.82) is 0 Å². The topological polar surface area (TPSA) is 76.3 Å². The molecular weight excluding hydrogens is 368 g/mol. The SMILES string of the molecule is CCNC(=NCCc1nnc2ccccn12)N(C)Cc1ccc(OC)cc1OC. The molecule has 0 aliphatic heterocycles. The summed E-state index contributed by atoms with van der Waals surface area (Å²) < 4.78 is 12.8. The third-order valence-electron chi connectivity index (χ3n) is 4.58. The summed E-state index contributed by atoms with van der Waals surface area (Å²) in [7, 11) is 5.33. The van der Waals surface area contributed by atoms with Gasteiger partial charge in [0.1, 0.15) is 17.3 Å². The number of pyridine rings is 1. The Bertz CT molecular complexity index is 969. The minimum atomic E-state index is 0.613. The van der Waals surface area contributed by atoms with Crippen molar-refractivity contribution in [2.24, 2.45) is 4.99 Å². The van der Waals surface area contributed by atoms with Gasteiger partial charge in [-0.2, -0.15) is 0 Å². The van der Waals surface area contributed by atoms with Crippen LogP contribution in [0, 0.1) is 0 Å². The van der Waals surface area contributed by atoms with E-state index in [1.165, 1.54) is 0 Å². The van der Waals surface area contributed by atoms with Gasteiger partial charge in [-0.3, -0.25) is 9.39 Å². The number of ether oxygens (including phenoxy) is 2. The zero-order chi connectivity index (χ0) is 20.6. The molecule has 0 saturated heterocycles. The van der Waals surface area contributed by atoms with Crippen molar-refractivity contribution in [3.63, 3.8) is 0 Å². The average Bonchev–Trinajstić information content (AvgIpc) is 3.16. The summed E-state index contributed by atoms with van der Waals surface area (Å²) in [5, 5.41) is 11.8. The van der Waals surface area contributed by atoms with Crippen LogP contribution in [0.25, 0.3) is 5.65 Å². The van der Waals surface area contributed by atoms with E-state index >= 15 is 0 Å². The van der Waals surface area contributed by atoms with Crippen LogP contribution in [0.2, 0.25) is 0 Å². The summed E-state index contributed by atoms with van der Waals surface area (Å²) in [6.07, 6.45) is 2.68. The number of guanidine groups is 1. The molecule has 3 aromatic rings. The molecule has 8 nitrogen and oxygen atoms in total. The summed E-state index contributed by atoms with van der Waals surface area (Å²) >= 11 is 0. The Kier molecular flexibility index (Phi) is 6.89. The summed E-state index contributed by atoms with van der Waals surface area (Å²) in [6.45, 7) is 4.12. The lowest BCUT2D eigenvalue weighted by Gasteiger charge is -2.23. The third-order valence-corrected chi connectivity index (χ3v) is 4.58. The first kappa shape index (κ1) is 20.4. The van der Waals surface area contributed by atoms with E-state index in [0.29, 0.717) is 19.5 Å². The van der Waals surface area contributed by atoms with Gasteiger partial charge in [0, 0.05) is 50.9 Å².